The van der Waals surface area contributed by atoms with Crippen LogP contribution in [0.1, 0.15) is 17.9 Å². The summed E-state index contributed by atoms with van der Waals surface area (Å²) in [6.45, 7) is 5.50. The van der Waals surface area contributed by atoms with Crippen molar-refractivity contribution < 1.29 is 18.8 Å². The molecular formula is C20H26N4O4S. The Balaban J connectivity index is 1.42. The van der Waals surface area contributed by atoms with Crippen molar-refractivity contribution in [2.45, 2.75) is 19.9 Å². The van der Waals surface area contributed by atoms with Gasteiger partial charge in [0.05, 0.1) is 19.4 Å². The average molecular weight is 419 g/mol. The Morgan fingerprint density at radius 2 is 1.97 bits per heavy atom. The van der Waals surface area contributed by atoms with Crippen LogP contribution in [0.15, 0.2) is 28.8 Å². The number of piperazine rings is 1. The minimum atomic E-state index is -0.261. The molecule has 2 heterocycles. The molecule has 1 aromatic heterocycles. The standard InChI is InChI=1S/C20H26N4O4S/c1-15-5-3-4-6-16(15)20-21-17(28-22-20)13-23-8-10-24(11-9-23)18(25)7-12-29-14-19(26)27-2/h3-6H,7-14H2,1-2H3. The molecule has 1 amide bonds. The number of rotatable bonds is 8. The van der Waals surface area contributed by atoms with E-state index in [9.17, 15) is 9.59 Å². The third kappa shape index (κ3) is 6.04. The fourth-order valence-corrected chi connectivity index (χ4v) is 3.88. The maximum absolute atomic E-state index is 12.3. The van der Waals surface area contributed by atoms with Gasteiger partial charge in [0.25, 0.3) is 0 Å². The zero-order valence-corrected chi connectivity index (χ0v) is 17.6. The number of aromatic nitrogens is 2. The average Bonchev–Trinajstić information content (AvgIpc) is 3.20. The van der Waals surface area contributed by atoms with Crippen molar-refractivity contribution in [3.8, 4) is 11.4 Å². The Labute approximate surface area is 174 Å². The summed E-state index contributed by atoms with van der Waals surface area (Å²) in [6, 6.07) is 7.95. The molecule has 1 aliphatic rings. The number of amides is 1. The maximum atomic E-state index is 12.3. The van der Waals surface area contributed by atoms with E-state index in [2.05, 4.69) is 19.8 Å². The van der Waals surface area contributed by atoms with Gasteiger partial charge in [-0.05, 0) is 12.5 Å². The number of aryl methyl sites for hydroxylation is 1. The lowest BCUT2D eigenvalue weighted by molar-refractivity contribution is -0.137. The van der Waals surface area contributed by atoms with Gasteiger partial charge in [-0.1, -0.05) is 29.4 Å². The van der Waals surface area contributed by atoms with Gasteiger partial charge in [-0.2, -0.15) is 4.98 Å². The zero-order chi connectivity index (χ0) is 20.6. The van der Waals surface area contributed by atoms with Gasteiger partial charge in [0, 0.05) is 43.9 Å². The van der Waals surface area contributed by atoms with E-state index in [0.717, 1.165) is 24.2 Å². The predicted molar refractivity (Wildman–Crippen MR) is 110 cm³/mol. The van der Waals surface area contributed by atoms with Gasteiger partial charge in [0.15, 0.2) is 0 Å². The monoisotopic (exact) mass is 418 g/mol. The van der Waals surface area contributed by atoms with E-state index >= 15 is 0 Å². The van der Waals surface area contributed by atoms with Crippen LogP contribution in [-0.2, 0) is 20.9 Å². The number of carbonyl (C=O) groups is 2. The minimum Gasteiger partial charge on any atom is -0.468 e. The highest BCUT2D eigenvalue weighted by atomic mass is 32.2. The van der Waals surface area contributed by atoms with E-state index in [-0.39, 0.29) is 17.6 Å². The Kier molecular flexibility index (Phi) is 7.65. The lowest BCUT2D eigenvalue weighted by Crippen LogP contribution is -2.48. The summed E-state index contributed by atoms with van der Waals surface area (Å²) in [4.78, 5) is 32.0. The summed E-state index contributed by atoms with van der Waals surface area (Å²) in [7, 11) is 1.37. The van der Waals surface area contributed by atoms with Crippen molar-refractivity contribution in [2.75, 3.05) is 44.8 Å². The second-order valence-corrected chi connectivity index (χ2v) is 7.97. The van der Waals surface area contributed by atoms with Gasteiger partial charge in [0.1, 0.15) is 0 Å². The fraction of sp³-hybridized carbons (Fsp3) is 0.500. The predicted octanol–water partition coefficient (Wildman–Crippen LogP) is 1.99. The molecule has 3 rings (SSSR count). The first-order valence-corrected chi connectivity index (χ1v) is 10.8. The van der Waals surface area contributed by atoms with Gasteiger partial charge in [0.2, 0.25) is 17.6 Å². The van der Waals surface area contributed by atoms with Gasteiger partial charge in [-0.3, -0.25) is 14.5 Å². The first-order chi connectivity index (χ1) is 14.1. The lowest BCUT2D eigenvalue weighted by Gasteiger charge is -2.34. The van der Waals surface area contributed by atoms with Crippen LogP contribution in [-0.4, -0.2) is 76.6 Å². The van der Waals surface area contributed by atoms with Crippen molar-refractivity contribution in [3.05, 3.63) is 35.7 Å². The molecular weight excluding hydrogens is 392 g/mol. The van der Waals surface area contributed by atoms with Crippen LogP contribution in [0.25, 0.3) is 11.4 Å². The highest BCUT2D eigenvalue weighted by molar-refractivity contribution is 7.99. The zero-order valence-electron chi connectivity index (χ0n) is 16.8. The normalized spacial score (nSPS) is 14.8. The van der Waals surface area contributed by atoms with Crippen LogP contribution in [0.2, 0.25) is 0 Å². The second kappa shape index (κ2) is 10.4. The Hall–Kier alpha value is -2.39. The molecule has 0 aliphatic carbocycles. The number of methoxy groups -OCH3 is 1. The third-order valence-corrected chi connectivity index (χ3v) is 5.78. The fourth-order valence-electron chi connectivity index (χ4n) is 3.13. The Morgan fingerprint density at radius 3 is 2.69 bits per heavy atom. The second-order valence-electron chi connectivity index (χ2n) is 6.86. The Bertz CT molecular complexity index is 833. The summed E-state index contributed by atoms with van der Waals surface area (Å²) < 4.78 is 10.0. The molecule has 9 heteroatoms. The van der Waals surface area contributed by atoms with Crippen LogP contribution in [0, 0.1) is 6.92 Å². The van der Waals surface area contributed by atoms with E-state index < -0.39 is 0 Å². The molecule has 1 saturated heterocycles. The van der Waals surface area contributed by atoms with Gasteiger partial charge in [-0.25, -0.2) is 0 Å². The molecule has 0 bridgehead atoms. The van der Waals surface area contributed by atoms with E-state index in [0.29, 0.717) is 43.5 Å². The van der Waals surface area contributed by atoms with Crippen LogP contribution in [0.4, 0.5) is 0 Å². The van der Waals surface area contributed by atoms with Gasteiger partial charge in [-0.15, -0.1) is 11.8 Å². The van der Waals surface area contributed by atoms with Gasteiger partial charge >= 0.3 is 5.97 Å². The number of ether oxygens (including phenoxy) is 1. The molecule has 8 nitrogen and oxygen atoms in total. The highest BCUT2D eigenvalue weighted by Gasteiger charge is 2.22. The topological polar surface area (TPSA) is 88.8 Å². The molecule has 1 aliphatic heterocycles. The SMILES string of the molecule is COC(=O)CSCCC(=O)N1CCN(Cc2nc(-c3ccccc3C)no2)CC1. The largest absolute Gasteiger partial charge is 0.468 e. The number of carbonyl (C=O) groups excluding carboxylic acids is 2. The molecule has 1 fully saturated rings. The summed E-state index contributed by atoms with van der Waals surface area (Å²) in [5, 5.41) is 4.10. The summed E-state index contributed by atoms with van der Waals surface area (Å²) in [5.74, 6) is 1.97. The molecule has 156 valence electrons. The van der Waals surface area contributed by atoms with E-state index in [1.165, 1.54) is 18.9 Å². The van der Waals surface area contributed by atoms with Crippen LogP contribution in [0.5, 0.6) is 0 Å². The minimum absolute atomic E-state index is 0.127. The van der Waals surface area contributed by atoms with Crippen LogP contribution >= 0.6 is 11.8 Å². The third-order valence-electron chi connectivity index (χ3n) is 4.85. The number of nitrogens with zero attached hydrogens (tertiary/aromatic N) is 4. The van der Waals surface area contributed by atoms with Crippen molar-refractivity contribution in [2.24, 2.45) is 0 Å². The molecule has 2 aromatic rings. The van der Waals surface area contributed by atoms with E-state index in [1.54, 1.807) is 0 Å². The van der Waals surface area contributed by atoms with Crippen molar-refractivity contribution in [1.29, 1.82) is 0 Å². The molecule has 0 spiro atoms. The van der Waals surface area contributed by atoms with Gasteiger partial charge < -0.3 is 14.2 Å². The number of esters is 1. The number of thioether (sulfide) groups is 1. The first-order valence-electron chi connectivity index (χ1n) is 9.60. The molecule has 0 saturated carbocycles. The Morgan fingerprint density at radius 1 is 1.21 bits per heavy atom. The number of hydrogen-bond acceptors (Lipinski definition) is 8. The lowest BCUT2D eigenvalue weighted by atomic mass is 10.1. The number of hydrogen-bond donors (Lipinski definition) is 0. The van der Waals surface area contributed by atoms with Crippen molar-refractivity contribution in [3.63, 3.8) is 0 Å². The van der Waals surface area contributed by atoms with E-state index in [4.69, 9.17) is 4.52 Å². The molecule has 0 unspecified atom stereocenters. The molecule has 0 N–H and O–H groups in total. The quantitative estimate of drug-likeness (QED) is 0.475. The highest BCUT2D eigenvalue weighted by Crippen LogP contribution is 2.20. The summed E-state index contributed by atoms with van der Waals surface area (Å²) in [6.07, 6.45) is 0.436. The molecule has 29 heavy (non-hydrogen) atoms. The number of benzene rings is 1. The maximum Gasteiger partial charge on any atom is 0.315 e. The van der Waals surface area contributed by atoms with E-state index in [1.807, 2.05) is 36.1 Å². The van der Waals surface area contributed by atoms with Crippen molar-refractivity contribution in [1.82, 2.24) is 19.9 Å². The molecule has 0 atom stereocenters. The molecule has 0 radical (unpaired) electrons. The summed E-state index contributed by atoms with van der Waals surface area (Å²) in [5.41, 5.74) is 2.08. The van der Waals surface area contributed by atoms with Crippen molar-refractivity contribution >= 4 is 23.6 Å². The van der Waals surface area contributed by atoms with Crippen LogP contribution < -0.4 is 0 Å². The molecule has 1 aromatic carbocycles. The van der Waals surface area contributed by atoms with Crippen LogP contribution in [0.3, 0.4) is 0 Å². The smallest absolute Gasteiger partial charge is 0.315 e. The first kappa shape index (κ1) is 21.3. The summed E-state index contributed by atoms with van der Waals surface area (Å²) >= 11 is 1.42.